The molecule has 3 rings (SSSR count). The number of fused-ring (bicyclic) bond motifs is 1. The molecule has 0 heterocycles. The van der Waals surface area contributed by atoms with Gasteiger partial charge in [-0.1, -0.05) is 64.1 Å². The van der Waals surface area contributed by atoms with E-state index in [4.69, 9.17) is 9.47 Å². The molecule has 2 aliphatic rings. The van der Waals surface area contributed by atoms with Crippen molar-refractivity contribution in [2.24, 2.45) is 34.5 Å². The first kappa shape index (κ1) is 27.9. The lowest BCUT2D eigenvalue weighted by Gasteiger charge is -2.52. The van der Waals surface area contributed by atoms with Crippen LogP contribution in [-0.4, -0.2) is 42.1 Å². The zero-order chi connectivity index (χ0) is 26.5. The molecule has 6 atom stereocenters. The van der Waals surface area contributed by atoms with E-state index in [1.54, 1.807) is 12.2 Å². The molecular weight excluding hydrogens is 456 g/mol. The molecule has 6 nitrogen and oxygen atoms in total. The molecule has 1 N–H and O–H groups in total. The second-order valence-corrected chi connectivity index (χ2v) is 11.2. The van der Waals surface area contributed by atoms with Crippen molar-refractivity contribution in [3.63, 3.8) is 0 Å². The summed E-state index contributed by atoms with van der Waals surface area (Å²) in [7, 11) is 0. The van der Waals surface area contributed by atoms with E-state index in [1.807, 2.05) is 51.1 Å². The van der Waals surface area contributed by atoms with Gasteiger partial charge in [-0.3, -0.25) is 4.79 Å². The van der Waals surface area contributed by atoms with Crippen molar-refractivity contribution in [2.75, 3.05) is 13.2 Å². The predicted molar refractivity (Wildman–Crippen MR) is 139 cm³/mol. The molecule has 2 aliphatic carbocycles. The van der Waals surface area contributed by atoms with Gasteiger partial charge in [-0.2, -0.15) is 0 Å². The molecule has 0 aliphatic heterocycles. The van der Waals surface area contributed by atoms with Gasteiger partial charge in [0, 0.05) is 29.7 Å². The van der Waals surface area contributed by atoms with E-state index in [1.165, 1.54) is 6.08 Å². The number of Topliss-reactive ketones (excluding diaryl/α,β-unsaturated/α-hetero) is 1. The van der Waals surface area contributed by atoms with Crippen LogP contribution < -0.4 is 0 Å². The lowest BCUT2D eigenvalue weighted by Crippen LogP contribution is -2.52. The third-order valence-corrected chi connectivity index (χ3v) is 8.68. The third-order valence-electron chi connectivity index (χ3n) is 8.68. The fourth-order valence-corrected chi connectivity index (χ4v) is 6.19. The normalized spacial score (nSPS) is 27.8. The minimum atomic E-state index is -0.636. The van der Waals surface area contributed by atoms with Crippen LogP contribution in [0.1, 0.15) is 58.9 Å². The number of aliphatic hydroxyl groups is 1. The quantitative estimate of drug-likeness (QED) is 0.278. The Labute approximate surface area is 214 Å². The molecule has 36 heavy (non-hydrogen) atoms. The highest BCUT2D eigenvalue weighted by atomic mass is 16.6. The number of hydrogen-bond donors (Lipinski definition) is 1. The summed E-state index contributed by atoms with van der Waals surface area (Å²) in [4.78, 5) is 37.5. The molecule has 0 aromatic heterocycles. The number of hydrogen-bond acceptors (Lipinski definition) is 6. The second kappa shape index (κ2) is 11.5. The summed E-state index contributed by atoms with van der Waals surface area (Å²) in [5.74, 6) is -1.37. The van der Waals surface area contributed by atoms with Crippen molar-refractivity contribution >= 4 is 23.8 Å². The smallest absolute Gasteiger partial charge is 0.344 e. The van der Waals surface area contributed by atoms with Gasteiger partial charge in [0.25, 0.3) is 0 Å². The number of benzene rings is 1. The Balaban J connectivity index is 1.62. The van der Waals surface area contributed by atoms with Crippen LogP contribution >= 0.6 is 0 Å². The summed E-state index contributed by atoms with van der Waals surface area (Å²) in [5.41, 5.74) is 0.0485. The van der Waals surface area contributed by atoms with Crippen molar-refractivity contribution < 1.29 is 29.0 Å². The number of ketones is 1. The fraction of sp³-hybridized carbons (Fsp3) is 0.567. The van der Waals surface area contributed by atoms with Gasteiger partial charge in [-0.25, -0.2) is 9.59 Å². The molecular formula is C30H40O6. The van der Waals surface area contributed by atoms with Crippen LogP contribution in [0.15, 0.2) is 49.1 Å². The average molecular weight is 497 g/mol. The summed E-state index contributed by atoms with van der Waals surface area (Å²) in [6.07, 6.45) is 7.02. The Bertz CT molecular complexity index is 980. The van der Waals surface area contributed by atoms with E-state index in [0.717, 1.165) is 24.8 Å². The van der Waals surface area contributed by atoms with Crippen molar-refractivity contribution in [1.82, 2.24) is 0 Å². The summed E-state index contributed by atoms with van der Waals surface area (Å²) >= 11 is 0. The number of carbonyl (C=O) groups excluding carboxylic acids is 3. The first-order valence-electron chi connectivity index (χ1n) is 12.9. The van der Waals surface area contributed by atoms with Crippen LogP contribution in [0.5, 0.6) is 0 Å². The summed E-state index contributed by atoms with van der Waals surface area (Å²) in [6, 6.07) is 9.31. The van der Waals surface area contributed by atoms with Crippen LogP contribution in [0.2, 0.25) is 0 Å². The number of ether oxygens (including phenoxy) is 2. The maximum atomic E-state index is 13.1. The van der Waals surface area contributed by atoms with Crippen LogP contribution in [0, 0.1) is 34.5 Å². The van der Waals surface area contributed by atoms with E-state index in [-0.39, 0.29) is 41.5 Å². The van der Waals surface area contributed by atoms with Gasteiger partial charge in [0.1, 0.15) is 5.78 Å². The van der Waals surface area contributed by atoms with Crippen molar-refractivity contribution in [2.45, 2.75) is 59.5 Å². The zero-order valence-corrected chi connectivity index (χ0v) is 21.9. The molecule has 2 saturated carbocycles. The highest BCUT2D eigenvalue weighted by Gasteiger charge is 2.59. The van der Waals surface area contributed by atoms with E-state index < -0.39 is 30.1 Å². The van der Waals surface area contributed by atoms with Crippen molar-refractivity contribution in [3.05, 3.63) is 54.6 Å². The molecule has 1 unspecified atom stereocenters. The van der Waals surface area contributed by atoms with E-state index >= 15 is 0 Å². The summed E-state index contributed by atoms with van der Waals surface area (Å²) in [6.45, 7) is 11.6. The van der Waals surface area contributed by atoms with Gasteiger partial charge in [0.2, 0.25) is 0 Å². The molecule has 0 amide bonds. The maximum absolute atomic E-state index is 13.1. The Morgan fingerprint density at radius 1 is 1.22 bits per heavy atom. The minimum Gasteiger partial charge on any atom is -0.463 e. The number of carbonyl (C=O) groups is 3. The van der Waals surface area contributed by atoms with Gasteiger partial charge >= 0.3 is 11.9 Å². The van der Waals surface area contributed by atoms with Gasteiger partial charge in [-0.05, 0) is 48.2 Å². The Morgan fingerprint density at radius 3 is 2.58 bits per heavy atom. The molecule has 2 fully saturated rings. The van der Waals surface area contributed by atoms with Gasteiger partial charge < -0.3 is 14.6 Å². The molecule has 0 spiro atoms. The second-order valence-electron chi connectivity index (χ2n) is 11.2. The largest absolute Gasteiger partial charge is 0.463 e. The Morgan fingerprint density at radius 2 is 1.92 bits per heavy atom. The minimum absolute atomic E-state index is 0.100. The third kappa shape index (κ3) is 5.97. The zero-order valence-electron chi connectivity index (χ0n) is 21.9. The Hall–Kier alpha value is -2.73. The first-order chi connectivity index (χ1) is 17.0. The van der Waals surface area contributed by atoms with Crippen LogP contribution in [0.4, 0.5) is 0 Å². The molecule has 0 bridgehead atoms. The van der Waals surface area contributed by atoms with Gasteiger partial charge in [-0.15, -0.1) is 6.58 Å². The number of aliphatic hydroxyl groups excluding tert-OH is 1. The van der Waals surface area contributed by atoms with Crippen molar-refractivity contribution in [3.8, 4) is 0 Å². The van der Waals surface area contributed by atoms with E-state index in [9.17, 15) is 19.5 Å². The van der Waals surface area contributed by atoms with E-state index in [2.05, 4.69) is 13.5 Å². The van der Waals surface area contributed by atoms with Crippen LogP contribution in [-0.2, 0) is 23.9 Å². The molecule has 0 saturated heterocycles. The van der Waals surface area contributed by atoms with E-state index in [0.29, 0.717) is 6.42 Å². The first-order valence-corrected chi connectivity index (χ1v) is 12.9. The summed E-state index contributed by atoms with van der Waals surface area (Å²) in [5, 5.41) is 11.2. The van der Waals surface area contributed by atoms with Crippen LogP contribution in [0.3, 0.4) is 0 Å². The monoisotopic (exact) mass is 496 g/mol. The molecule has 0 radical (unpaired) electrons. The highest BCUT2D eigenvalue weighted by Crippen LogP contribution is 2.60. The standard InChI is InChI=1S/C30H40O6/c1-6-29(4,5)28(34)21(3)30-16-14-20(2)23(27(30)24(31)15-17-30)18-35-26(33)19-36-25(32)13-12-22-10-8-7-9-11-22/h6-13,20-21,23,27-28,34H,1,14-19H2,2-5H3/b13-12+/t20-,21+,23?,27-,28+,30+/m1/s1. The van der Waals surface area contributed by atoms with Gasteiger partial charge in [0.05, 0.1) is 12.7 Å². The molecule has 1 aromatic rings. The number of rotatable bonds is 10. The predicted octanol–water partition coefficient (Wildman–Crippen LogP) is 5.01. The van der Waals surface area contributed by atoms with Gasteiger partial charge in [0.15, 0.2) is 6.61 Å². The molecule has 196 valence electrons. The maximum Gasteiger partial charge on any atom is 0.344 e. The molecule has 6 heteroatoms. The molecule has 1 aromatic carbocycles. The highest BCUT2D eigenvalue weighted by molar-refractivity contribution is 5.88. The van der Waals surface area contributed by atoms with Crippen molar-refractivity contribution in [1.29, 1.82) is 0 Å². The lowest BCUT2D eigenvalue weighted by molar-refractivity contribution is -0.161. The average Bonchev–Trinajstić information content (AvgIpc) is 3.22. The topological polar surface area (TPSA) is 89.9 Å². The number of esters is 2. The SMILES string of the molecule is C=CC(C)(C)[C@@H](O)[C@H](C)[C@]12CCC(=O)[C@H]1C(COC(=O)COC(=O)/C=C/c1ccccc1)[C@H](C)CC2. The lowest BCUT2D eigenvalue weighted by atomic mass is 9.53. The summed E-state index contributed by atoms with van der Waals surface area (Å²) < 4.78 is 10.6. The van der Waals surface area contributed by atoms with Crippen LogP contribution in [0.25, 0.3) is 6.08 Å². The fourth-order valence-electron chi connectivity index (χ4n) is 6.19. The Kier molecular flexibility index (Phi) is 8.93.